The molecule has 4 heteroatoms. The SMILES string of the molecule is CCNCC1CCN(C(=O)c2ccc(OCC3CC3)cc2)CC1. The van der Waals surface area contributed by atoms with E-state index in [1.54, 1.807) is 0 Å². The standard InChI is InChI=1S/C19H28N2O2/c1-2-20-13-15-9-11-21(12-10-15)19(22)17-5-7-18(8-6-17)23-14-16-3-4-16/h5-8,15-16,20H,2-4,9-14H2,1H3. The molecule has 1 aromatic carbocycles. The van der Waals surface area contributed by atoms with E-state index in [0.717, 1.165) is 62.9 Å². The molecular weight excluding hydrogens is 288 g/mol. The Morgan fingerprint density at radius 1 is 1.13 bits per heavy atom. The van der Waals surface area contributed by atoms with Crippen LogP contribution in [0, 0.1) is 11.8 Å². The minimum absolute atomic E-state index is 0.153. The molecule has 0 spiro atoms. The number of rotatable bonds is 7. The van der Waals surface area contributed by atoms with E-state index in [0.29, 0.717) is 5.92 Å². The van der Waals surface area contributed by atoms with Gasteiger partial charge in [0, 0.05) is 18.7 Å². The van der Waals surface area contributed by atoms with Crippen molar-refractivity contribution >= 4 is 5.91 Å². The molecule has 1 heterocycles. The minimum atomic E-state index is 0.153. The van der Waals surface area contributed by atoms with Crippen LogP contribution < -0.4 is 10.1 Å². The predicted molar refractivity (Wildman–Crippen MR) is 91.8 cm³/mol. The molecule has 23 heavy (non-hydrogen) atoms. The second-order valence-corrected chi connectivity index (χ2v) is 6.82. The van der Waals surface area contributed by atoms with Gasteiger partial charge in [-0.2, -0.15) is 0 Å². The highest BCUT2D eigenvalue weighted by Crippen LogP contribution is 2.29. The zero-order chi connectivity index (χ0) is 16.1. The molecule has 3 rings (SSSR count). The maximum Gasteiger partial charge on any atom is 0.253 e. The zero-order valence-corrected chi connectivity index (χ0v) is 14.1. The first-order valence-corrected chi connectivity index (χ1v) is 8.99. The first kappa shape index (κ1) is 16.3. The highest BCUT2D eigenvalue weighted by Gasteiger charge is 2.24. The monoisotopic (exact) mass is 316 g/mol. The molecule has 0 atom stereocenters. The first-order valence-electron chi connectivity index (χ1n) is 8.99. The lowest BCUT2D eigenvalue weighted by molar-refractivity contribution is 0.0690. The Balaban J connectivity index is 1.47. The van der Waals surface area contributed by atoms with Gasteiger partial charge < -0.3 is 15.0 Å². The van der Waals surface area contributed by atoms with Gasteiger partial charge in [-0.25, -0.2) is 0 Å². The van der Waals surface area contributed by atoms with Crippen LogP contribution in [-0.4, -0.2) is 43.6 Å². The van der Waals surface area contributed by atoms with E-state index in [4.69, 9.17) is 4.74 Å². The van der Waals surface area contributed by atoms with Gasteiger partial charge in [-0.15, -0.1) is 0 Å². The molecule has 1 aliphatic carbocycles. The summed E-state index contributed by atoms with van der Waals surface area (Å²) < 4.78 is 5.73. The van der Waals surface area contributed by atoms with Crippen molar-refractivity contribution in [3.63, 3.8) is 0 Å². The summed E-state index contributed by atoms with van der Waals surface area (Å²) in [5.41, 5.74) is 0.772. The van der Waals surface area contributed by atoms with Crippen molar-refractivity contribution in [2.24, 2.45) is 11.8 Å². The molecule has 1 saturated heterocycles. The summed E-state index contributed by atoms with van der Waals surface area (Å²) in [6.45, 7) is 6.78. The quantitative estimate of drug-likeness (QED) is 0.841. The fourth-order valence-electron chi connectivity index (χ4n) is 3.06. The van der Waals surface area contributed by atoms with Gasteiger partial charge in [0.05, 0.1) is 6.61 Å². The summed E-state index contributed by atoms with van der Waals surface area (Å²) >= 11 is 0. The van der Waals surface area contributed by atoms with Crippen molar-refractivity contribution in [2.45, 2.75) is 32.6 Å². The molecule has 1 aliphatic heterocycles. The molecule has 1 saturated carbocycles. The van der Waals surface area contributed by atoms with E-state index >= 15 is 0 Å². The van der Waals surface area contributed by atoms with Crippen LogP contribution in [0.15, 0.2) is 24.3 Å². The predicted octanol–water partition coefficient (Wildman–Crippen LogP) is 2.94. The van der Waals surface area contributed by atoms with Crippen molar-refractivity contribution in [1.82, 2.24) is 10.2 Å². The van der Waals surface area contributed by atoms with Gasteiger partial charge in [-0.1, -0.05) is 6.92 Å². The Kier molecular flexibility index (Phi) is 5.55. The lowest BCUT2D eigenvalue weighted by Crippen LogP contribution is -2.40. The zero-order valence-electron chi connectivity index (χ0n) is 14.1. The second-order valence-electron chi connectivity index (χ2n) is 6.82. The third-order valence-corrected chi connectivity index (χ3v) is 4.87. The number of likely N-dealkylation sites (tertiary alicyclic amines) is 1. The van der Waals surface area contributed by atoms with Gasteiger partial charge in [0.1, 0.15) is 5.75 Å². The Labute approximate surface area is 139 Å². The minimum Gasteiger partial charge on any atom is -0.493 e. The van der Waals surface area contributed by atoms with Crippen molar-refractivity contribution in [3.8, 4) is 5.75 Å². The fraction of sp³-hybridized carbons (Fsp3) is 0.632. The van der Waals surface area contributed by atoms with Gasteiger partial charge >= 0.3 is 0 Å². The van der Waals surface area contributed by atoms with Crippen LogP contribution in [0.1, 0.15) is 43.0 Å². The fourth-order valence-corrected chi connectivity index (χ4v) is 3.06. The smallest absolute Gasteiger partial charge is 0.253 e. The van der Waals surface area contributed by atoms with Crippen molar-refractivity contribution < 1.29 is 9.53 Å². The molecule has 0 unspecified atom stereocenters. The van der Waals surface area contributed by atoms with E-state index in [1.165, 1.54) is 12.8 Å². The molecule has 126 valence electrons. The Morgan fingerprint density at radius 2 is 1.83 bits per heavy atom. The summed E-state index contributed by atoms with van der Waals surface area (Å²) in [4.78, 5) is 14.6. The molecule has 1 N–H and O–H groups in total. The molecule has 2 aliphatic rings. The number of carbonyl (C=O) groups is 1. The third-order valence-electron chi connectivity index (χ3n) is 4.87. The van der Waals surface area contributed by atoms with Gasteiger partial charge in [-0.3, -0.25) is 4.79 Å². The first-order chi connectivity index (χ1) is 11.3. The maximum absolute atomic E-state index is 12.6. The van der Waals surface area contributed by atoms with E-state index in [2.05, 4.69) is 12.2 Å². The van der Waals surface area contributed by atoms with Gasteiger partial charge in [-0.05, 0) is 74.9 Å². The van der Waals surface area contributed by atoms with Crippen molar-refractivity contribution in [1.29, 1.82) is 0 Å². The number of hydrogen-bond acceptors (Lipinski definition) is 3. The summed E-state index contributed by atoms with van der Waals surface area (Å²) in [6, 6.07) is 7.64. The Hall–Kier alpha value is -1.55. The van der Waals surface area contributed by atoms with Crippen LogP contribution >= 0.6 is 0 Å². The average Bonchev–Trinajstić information content (AvgIpc) is 3.43. The number of nitrogens with one attached hydrogen (secondary N) is 1. The van der Waals surface area contributed by atoms with E-state index in [9.17, 15) is 4.79 Å². The number of amides is 1. The molecular formula is C19H28N2O2. The summed E-state index contributed by atoms with van der Waals surface area (Å²) in [5, 5.41) is 3.41. The van der Waals surface area contributed by atoms with Crippen LogP contribution in [0.2, 0.25) is 0 Å². The largest absolute Gasteiger partial charge is 0.493 e. The summed E-state index contributed by atoms with van der Waals surface area (Å²) in [5.74, 6) is 2.48. The maximum atomic E-state index is 12.6. The van der Waals surface area contributed by atoms with E-state index in [1.807, 2.05) is 29.2 Å². The molecule has 2 fully saturated rings. The third kappa shape index (κ3) is 4.71. The lowest BCUT2D eigenvalue weighted by Gasteiger charge is -2.32. The van der Waals surface area contributed by atoms with Crippen LogP contribution in [0.4, 0.5) is 0 Å². The molecule has 1 amide bonds. The number of benzene rings is 1. The number of ether oxygens (including phenoxy) is 1. The average molecular weight is 316 g/mol. The van der Waals surface area contributed by atoms with E-state index < -0.39 is 0 Å². The highest BCUT2D eigenvalue weighted by atomic mass is 16.5. The van der Waals surface area contributed by atoms with E-state index in [-0.39, 0.29) is 5.91 Å². The molecule has 1 aromatic rings. The number of hydrogen-bond donors (Lipinski definition) is 1. The summed E-state index contributed by atoms with van der Waals surface area (Å²) in [6.07, 6.45) is 4.78. The number of piperidine rings is 1. The van der Waals surface area contributed by atoms with Crippen LogP contribution in [-0.2, 0) is 0 Å². The normalized spacial score (nSPS) is 18.9. The van der Waals surface area contributed by atoms with Crippen molar-refractivity contribution in [3.05, 3.63) is 29.8 Å². The molecule has 0 bridgehead atoms. The highest BCUT2D eigenvalue weighted by molar-refractivity contribution is 5.94. The van der Waals surface area contributed by atoms with Gasteiger partial charge in [0.15, 0.2) is 0 Å². The van der Waals surface area contributed by atoms with Crippen molar-refractivity contribution in [2.75, 3.05) is 32.8 Å². The van der Waals surface area contributed by atoms with Crippen LogP contribution in [0.3, 0.4) is 0 Å². The molecule has 0 aromatic heterocycles. The second kappa shape index (κ2) is 7.82. The lowest BCUT2D eigenvalue weighted by atomic mass is 9.96. The van der Waals surface area contributed by atoms with Gasteiger partial charge in [0.2, 0.25) is 0 Å². The molecule has 4 nitrogen and oxygen atoms in total. The number of nitrogens with zero attached hydrogens (tertiary/aromatic N) is 1. The number of carbonyl (C=O) groups excluding carboxylic acids is 1. The molecule has 0 radical (unpaired) electrons. The van der Waals surface area contributed by atoms with Gasteiger partial charge in [0.25, 0.3) is 5.91 Å². The Morgan fingerprint density at radius 3 is 2.43 bits per heavy atom. The Bertz CT molecular complexity index is 503. The van der Waals surface area contributed by atoms with Crippen LogP contribution in [0.25, 0.3) is 0 Å². The summed E-state index contributed by atoms with van der Waals surface area (Å²) in [7, 11) is 0. The van der Waals surface area contributed by atoms with Crippen LogP contribution in [0.5, 0.6) is 5.75 Å². The topological polar surface area (TPSA) is 41.6 Å².